The van der Waals surface area contributed by atoms with Crippen LogP contribution in [-0.2, 0) is 16.1 Å². The number of aromatic nitrogens is 1. The first kappa shape index (κ1) is 19.7. The van der Waals surface area contributed by atoms with Crippen molar-refractivity contribution in [3.8, 4) is 11.3 Å². The highest BCUT2D eigenvalue weighted by atomic mass is 19.1. The fourth-order valence-electron chi connectivity index (χ4n) is 2.73. The van der Waals surface area contributed by atoms with Crippen molar-refractivity contribution >= 4 is 11.9 Å². The Morgan fingerprint density at radius 2 is 1.81 bits per heavy atom. The first-order valence-electron chi connectivity index (χ1n) is 8.56. The molecule has 5 nitrogen and oxygen atoms in total. The van der Waals surface area contributed by atoms with E-state index >= 15 is 0 Å². The Bertz CT molecular complexity index is 802. The van der Waals surface area contributed by atoms with Crippen LogP contribution >= 0.6 is 0 Å². The van der Waals surface area contributed by atoms with E-state index in [4.69, 9.17) is 4.74 Å². The first-order chi connectivity index (χ1) is 12.1. The van der Waals surface area contributed by atoms with Gasteiger partial charge in [-0.25, -0.2) is 9.18 Å². The second kappa shape index (κ2) is 7.72. The molecule has 0 spiro atoms. The third kappa shape index (κ3) is 4.71. The minimum atomic E-state index is -0.441. The van der Waals surface area contributed by atoms with Gasteiger partial charge in [0.1, 0.15) is 12.4 Å². The predicted molar refractivity (Wildman–Crippen MR) is 98.4 cm³/mol. The number of halogens is 1. The quantitative estimate of drug-likeness (QED) is 0.827. The van der Waals surface area contributed by atoms with Crippen LogP contribution in [0.1, 0.15) is 43.7 Å². The predicted octanol–water partition coefficient (Wildman–Crippen LogP) is 3.69. The normalized spacial score (nSPS) is 11.3. The molecule has 0 aliphatic heterocycles. The fraction of sp³-hybridized carbons (Fsp3) is 0.400. The number of nitrogens with one attached hydrogen (secondary N) is 1. The van der Waals surface area contributed by atoms with Gasteiger partial charge in [0.25, 0.3) is 0 Å². The molecule has 0 aliphatic carbocycles. The van der Waals surface area contributed by atoms with Gasteiger partial charge >= 0.3 is 5.97 Å². The summed E-state index contributed by atoms with van der Waals surface area (Å²) in [7, 11) is 0. The van der Waals surface area contributed by atoms with Crippen molar-refractivity contribution in [3.05, 3.63) is 47.4 Å². The van der Waals surface area contributed by atoms with Crippen molar-refractivity contribution in [3.63, 3.8) is 0 Å². The fourth-order valence-corrected chi connectivity index (χ4v) is 2.73. The lowest BCUT2D eigenvalue weighted by molar-refractivity contribution is -0.123. The Labute approximate surface area is 153 Å². The van der Waals surface area contributed by atoms with Gasteiger partial charge in [-0.05, 0) is 70.5 Å². The summed E-state index contributed by atoms with van der Waals surface area (Å²) in [5.74, 6) is -0.960. The molecule has 6 heteroatoms. The van der Waals surface area contributed by atoms with Crippen molar-refractivity contribution in [2.45, 2.75) is 46.7 Å². The Morgan fingerprint density at radius 1 is 1.19 bits per heavy atom. The summed E-state index contributed by atoms with van der Waals surface area (Å²) in [6, 6.07) is 7.63. The lowest BCUT2D eigenvalue weighted by atomic mass is 10.1. The average molecular weight is 360 g/mol. The number of amides is 1. The molecular weight excluding hydrogens is 335 g/mol. The molecule has 0 bridgehead atoms. The zero-order valence-electron chi connectivity index (χ0n) is 15.9. The highest BCUT2D eigenvalue weighted by molar-refractivity contribution is 5.93. The minimum Gasteiger partial charge on any atom is -0.462 e. The molecule has 2 rings (SSSR count). The molecule has 140 valence electrons. The van der Waals surface area contributed by atoms with Crippen LogP contribution < -0.4 is 5.32 Å². The van der Waals surface area contributed by atoms with Crippen molar-refractivity contribution < 1.29 is 18.7 Å². The number of ether oxygens (including phenoxy) is 1. The molecule has 0 atom stereocenters. The number of hydrogen-bond donors (Lipinski definition) is 1. The number of carbonyl (C=O) groups is 2. The van der Waals surface area contributed by atoms with Crippen LogP contribution in [0.15, 0.2) is 30.3 Å². The largest absolute Gasteiger partial charge is 0.462 e. The standard InChI is InChI=1S/C20H25FN2O3/c1-6-26-19(25)16-11-17(14-7-9-15(21)10-8-14)23(13(16)2)12-18(24)22-20(3,4)5/h7-11H,6,12H2,1-5H3,(H,22,24). The van der Waals surface area contributed by atoms with Gasteiger partial charge < -0.3 is 14.6 Å². The molecule has 0 aliphatic rings. The number of esters is 1. The first-order valence-corrected chi connectivity index (χ1v) is 8.56. The molecule has 26 heavy (non-hydrogen) atoms. The zero-order valence-corrected chi connectivity index (χ0v) is 15.9. The van der Waals surface area contributed by atoms with E-state index in [1.54, 1.807) is 36.6 Å². The molecule has 0 radical (unpaired) electrons. The number of benzene rings is 1. The summed E-state index contributed by atoms with van der Waals surface area (Å²) in [5, 5.41) is 2.91. The van der Waals surface area contributed by atoms with E-state index in [0.717, 1.165) is 0 Å². The SMILES string of the molecule is CCOC(=O)c1cc(-c2ccc(F)cc2)n(CC(=O)NC(C)(C)C)c1C. The van der Waals surface area contributed by atoms with Crippen LogP contribution in [-0.4, -0.2) is 28.6 Å². The van der Waals surface area contributed by atoms with Crippen LogP contribution in [0.3, 0.4) is 0 Å². The van der Waals surface area contributed by atoms with Crippen LogP contribution in [0.25, 0.3) is 11.3 Å². The smallest absolute Gasteiger partial charge is 0.339 e. The Balaban J connectivity index is 2.47. The molecule has 0 unspecified atom stereocenters. The molecule has 2 aromatic rings. The molecule has 1 aromatic heterocycles. The van der Waals surface area contributed by atoms with Gasteiger partial charge in [-0.2, -0.15) is 0 Å². The van der Waals surface area contributed by atoms with E-state index < -0.39 is 5.97 Å². The lowest BCUT2D eigenvalue weighted by Gasteiger charge is -2.21. The van der Waals surface area contributed by atoms with E-state index in [1.807, 2.05) is 20.8 Å². The molecule has 0 fully saturated rings. The average Bonchev–Trinajstić information content (AvgIpc) is 2.84. The molecule has 1 N–H and O–H groups in total. The number of hydrogen-bond acceptors (Lipinski definition) is 3. The summed E-state index contributed by atoms with van der Waals surface area (Å²) in [4.78, 5) is 24.6. The summed E-state index contributed by atoms with van der Waals surface area (Å²) in [6.45, 7) is 9.52. The van der Waals surface area contributed by atoms with Crippen molar-refractivity contribution in [2.75, 3.05) is 6.61 Å². The molecule has 1 aromatic carbocycles. The maximum Gasteiger partial charge on any atom is 0.339 e. The van der Waals surface area contributed by atoms with Gasteiger partial charge in [0.15, 0.2) is 0 Å². The van der Waals surface area contributed by atoms with E-state index in [2.05, 4.69) is 5.32 Å². The van der Waals surface area contributed by atoms with E-state index in [9.17, 15) is 14.0 Å². The summed E-state index contributed by atoms with van der Waals surface area (Å²) in [6.07, 6.45) is 0. The summed E-state index contributed by atoms with van der Waals surface area (Å²) >= 11 is 0. The van der Waals surface area contributed by atoms with E-state index in [0.29, 0.717) is 22.5 Å². The zero-order chi connectivity index (χ0) is 19.5. The van der Waals surface area contributed by atoms with Gasteiger partial charge in [0.05, 0.1) is 12.2 Å². The number of rotatable bonds is 5. The van der Waals surface area contributed by atoms with Crippen LogP contribution in [0.4, 0.5) is 4.39 Å². The van der Waals surface area contributed by atoms with Crippen molar-refractivity contribution in [1.29, 1.82) is 0 Å². The van der Waals surface area contributed by atoms with Gasteiger partial charge in [-0.1, -0.05) is 0 Å². The topological polar surface area (TPSA) is 60.3 Å². The molecule has 0 saturated heterocycles. The third-order valence-electron chi connectivity index (χ3n) is 3.82. The van der Waals surface area contributed by atoms with E-state index in [1.165, 1.54) is 12.1 Å². The van der Waals surface area contributed by atoms with Crippen LogP contribution in [0, 0.1) is 12.7 Å². The Kier molecular flexibility index (Phi) is 5.85. The van der Waals surface area contributed by atoms with Gasteiger partial charge in [0, 0.05) is 16.9 Å². The Hall–Kier alpha value is -2.63. The monoisotopic (exact) mass is 360 g/mol. The highest BCUT2D eigenvalue weighted by Gasteiger charge is 2.22. The second-order valence-corrected chi connectivity index (χ2v) is 7.14. The van der Waals surface area contributed by atoms with Gasteiger partial charge in [0.2, 0.25) is 5.91 Å². The number of nitrogens with zero attached hydrogens (tertiary/aromatic N) is 1. The van der Waals surface area contributed by atoms with Crippen LogP contribution in [0.2, 0.25) is 0 Å². The maximum atomic E-state index is 13.3. The van der Waals surface area contributed by atoms with Crippen molar-refractivity contribution in [2.24, 2.45) is 0 Å². The number of carbonyl (C=O) groups excluding carboxylic acids is 2. The minimum absolute atomic E-state index is 0.0508. The second-order valence-electron chi connectivity index (χ2n) is 7.14. The van der Waals surface area contributed by atoms with Gasteiger partial charge in [-0.15, -0.1) is 0 Å². The molecule has 1 heterocycles. The highest BCUT2D eigenvalue weighted by Crippen LogP contribution is 2.27. The Morgan fingerprint density at radius 3 is 2.35 bits per heavy atom. The van der Waals surface area contributed by atoms with Gasteiger partial charge in [-0.3, -0.25) is 4.79 Å². The summed E-state index contributed by atoms with van der Waals surface area (Å²) in [5.41, 5.74) is 2.04. The molecule has 0 saturated carbocycles. The van der Waals surface area contributed by atoms with E-state index in [-0.39, 0.29) is 30.4 Å². The van der Waals surface area contributed by atoms with Crippen molar-refractivity contribution in [1.82, 2.24) is 9.88 Å². The maximum absolute atomic E-state index is 13.3. The third-order valence-corrected chi connectivity index (χ3v) is 3.82. The van der Waals surface area contributed by atoms with Crippen LogP contribution in [0.5, 0.6) is 0 Å². The molecule has 1 amide bonds. The summed E-state index contributed by atoms with van der Waals surface area (Å²) < 4.78 is 20.1. The molecular formula is C20H25FN2O3. The lowest BCUT2D eigenvalue weighted by Crippen LogP contribution is -2.42.